The molecule has 0 spiro atoms. The third kappa shape index (κ3) is 5.12. The number of hydrogen-bond donors (Lipinski definition) is 4. The second-order valence-electron chi connectivity index (χ2n) is 9.00. The van der Waals surface area contributed by atoms with E-state index in [1.807, 2.05) is 36.6 Å². The summed E-state index contributed by atoms with van der Waals surface area (Å²) >= 11 is 1.62. The lowest BCUT2D eigenvalue weighted by molar-refractivity contribution is 0.0935. The molecule has 0 bridgehead atoms. The van der Waals surface area contributed by atoms with Gasteiger partial charge in [0.05, 0.1) is 17.7 Å². The Morgan fingerprint density at radius 2 is 1.86 bits per heavy atom. The van der Waals surface area contributed by atoms with Crippen molar-refractivity contribution in [3.05, 3.63) is 76.0 Å². The maximum absolute atomic E-state index is 13.0. The zero-order valence-corrected chi connectivity index (χ0v) is 20.8. The van der Waals surface area contributed by atoms with Crippen LogP contribution in [0.15, 0.2) is 60.0 Å². The summed E-state index contributed by atoms with van der Waals surface area (Å²) in [5.41, 5.74) is 2.79. The Morgan fingerprint density at radius 1 is 1.11 bits per heavy atom. The molecular formula is C27H29N5O3S. The van der Waals surface area contributed by atoms with Gasteiger partial charge in [0.25, 0.3) is 11.8 Å². The first-order valence-electron chi connectivity index (χ1n) is 12.2. The van der Waals surface area contributed by atoms with E-state index >= 15 is 0 Å². The molecule has 0 radical (unpaired) electrons. The average Bonchev–Trinajstić information content (AvgIpc) is 3.58. The van der Waals surface area contributed by atoms with E-state index in [1.165, 1.54) is 0 Å². The van der Waals surface area contributed by atoms with Gasteiger partial charge in [0.2, 0.25) is 0 Å². The number of H-pyrrole nitrogens is 1. The number of aliphatic hydroxyl groups is 1. The molecule has 186 valence electrons. The lowest BCUT2D eigenvalue weighted by Gasteiger charge is -2.31. The first kappa shape index (κ1) is 24.0. The molecule has 1 fully saturated rings. The predicted octanol–water partition coefficient (Wildman–Crippen LogP) is 4.72. The Balaban J connectivity index is 1.29. The van der Waals surface area contributed by atoms with Crippen LogP contribution in [0.2, 0.25) is 0 Å². The van der Waals surface area contributed by atoms with Gasteiger partial charge >= 0.3 is 0 Å². The highest BCUT2D eigenvalue weighted by atomic mass is 32.1. The Labute approximate surface area is 213 Å². The normalized spacial score (nSPS) is 15.1. The van der Waals surface area contributed by atoms with Crippen LogP contribution in [0, 0.1) is 0 Å². The molecule has 8 nitrogen and oxygen atoms in total. The number of carbonyl (C=O) groups is 2. The molecule has 36 heavy (non-hydrogen) atoms. The smallest absolute Gasteiger partial charge is 0.256 e. The minimum Gasteiger partial charge on any atom is -0.393 e. The van der Waals surface area contributed by atoms with Gasteiger partial charge in [-0.1, -0.05) is 13.0 Å². The zero-order valence-electron chi connectivity index (χ0n) is 20.0. The fourth-order valence-electron chi connectivity index (χ4n) is 4.48. The van der Waals surface area contributed by atoms with Crippen LogP contribution in [-0.4, -0.2) is 46.3 Å². The highest BCUT2D eigenvalue weighted by molar-refractivity contribution is 7.10. The zero-order chi connectivity index (χ0) is 25.1. The van der Waals surface area contributed by atoms with Crippen molar-refractivity contribution in [1.82, 2.24) is 15.5 Å². The minimum atomic E-state index is -0.275. The van der Waals surface area contributed by atoms with Crippen LogP contribution in [0.25, 0.3) is 10.9 Å². The number of piperidine rings is 1. The predicted molar refractivity (Wildman–Crippen MR) is 143 cm³/mol. The summed E-state index contributed by atoms with van der Waals surface area (Å²) in [6.07, 6.45) is 2.07. The first-order chi connectivity index (χ1) is 17.5. The van der Waals surface area contributed by atoms with E-state index in [0.717, 1.165) is 48.4 Å². The summed E-state index contributed by atoms with van der Waals surface area (Å²) in [4.78, 5) is 29.2. The molecule has 2 aromatic carbocycles. The van der Waals surface area contributed by atoms with Crippen LogP contribution in [-0.2, 0) is 0 Å². The molecule has 4 aromatic rings. The molecular weight excluding hydrogens is 474 g/mol. The fraction of sp³-hybridized carbons (Fsp3) is 0.296. The molecule has 1 aliphatic heterocycles. The summed E-state index contributed by atoms with van der Waals surface area (Å²) in [5.74, 6) is -0.0666. The number of nitrogens with zero attached hydrogens (tertiary/aromatic N) is 2. The number of aliphatic hydroxyl groups excluding tert-OH is 1. The van der Waals surface area contributed by atoms with Crippen molar-refractivity contribution in [3.63, 3.8) is 0 Å². The van der Waals surface area contributed by atoms with E-state index in [-0.39, 0.29) is 24.0 Å². The number of amides is 2. The number of anilines is 2. The SMILES string of the molecule is CCC(NC(=O)c1ccc2[nH]nc(NC(=O)c3ccc(N4CCC(O)CC4)cc3)c2c1)c1cccs1. The summed E-state index contributed by atoms with van der Waals surface area (Å²) in [6.45, 7) is 3.64. The van der Waals surface area contributed by atoms with Gasteiger partial charge in [-0.15, -0.1) is 11.3 Å². The molecule has 1 unspecified atom stereocenters. The Morgan fingerprint density at radius 3 is 2.56 bits per heavy atom. The van der Waals surface area contributed by atoms with Gasteiger partial charge < -0.3 is 20.6 Å². The second kappa shape index (κ2) is 10.5. The van der Waals surface area contributed by atoms with Crippen molar-refractivity contribution in [1.29, 1.82) is 0 Å². The van der Waals surface area contributed by atoms with Crippen molar-refractivity contribution < 1.29 is 14.7 Å². The Kier molecular flexibility index (Phi) is 7.02. The van der Waals surface area contributed by atoms with Crippen LogP contribution in [0.1, 0.15) is 57.8 Å². The highest BCUT2D eigenvalue weighted by Crippen LogP contribution is 2.26. The number of aromatic amines is 1. The number of thiophene rings is 1. The first-order valence-corrected chi connectivity index (χ1v) is 13.1. The molecule has 2 aromatic heterocycles. The van der Waals surface area contributed by atoms with E-state index in [9.17, 15) is 14.7 Å². The van der Waals surface area contributed by atoms with E-state index in [0.29, 0.717) is 22.3 Å². The topological polar surface area (TPSA) is 110 Å². The van der Waals surface area contributed by atoms with Crippen LogP contribution in [0.5, 0.6) is 0 Å². The van der Waals surface area contributed by atoms with E-state index < -0.39 is 0 Å². The van der Waals surface area contributed by atoms with Crippen molar-refractivity contribution in [2.75, 3.05) is 23.3 Å². The molecule has 0 saturated carbocycles. The van der Waals surface area contributed by atoms with Gasteiger partial charge in [-0.25, -0.2) is 0 Å². The van der Waals surface area contributed by atoms with Gasteiger partial charge in [0.15, 0.2) is 5.82 Å². The lowest BCUT2D eigenvalue weighted by atomic mass is 10.1. The molecule has 2 amide bonds. The fourth-order valence-corrected chi connectivity index (χ4v) is 5.34. The highest BCUT2D eigenvalue weighted by Gasteiger charge is 2.19. The maximum atomic E-state index is 13.0. The lowest BCUT2D eigenvalue weighted by Crippen LogP contribution is -2.35. The van der Waals surface area contributed by atoms with Crippen molar-refractivity contribution in [2.24, 2.45) is 0 Å². The number of carbonyl (C=O) groups excluding carboxylic acids is 2. The monoisotopic (exact) mass is 503 g/mol. The molecule has 3 heterocycles. The van der Waals surface area contributed by atoms with Crippen LogP contribution >= 0.6 is 11.3 Å². The van der Waals surface area contributed by atoms with E-state index in [4.69, 9.17) is 0 Å². The van der Waals surface area contributed by atoms with Crippen molar-refractivity contribution in [3.8, 4) is 0 Å². The third-order valence-electron chi connectivity index (χ3n) is 6.62. The van der Waals surface area contributed by atoms with Crippen LogP contribution in [0.4, 0.5) is 11.5 Å². The Bertz CT molecular complexity index is 1340. The average molecular weight is 504 g/mol. The van der Waals surface area contributed by atoms with Gasteiger partial charge in [0, 0.05) is 40.2 Å². The molecule has 1 atom stereocenters. The number of benzene rings is 2. The Hall–Kier alpha value is -3.69. The minimum absolute atomic E-state index is 0.0466. The number of nitrogens with one attached hydrogen (secondary N) is 3. The molecule has 9 heteroatoms. The number of fused-ring (bicyclic) bond motifs is 1. The summed E-state index contributed by atoms with van der Waals surface area (Å²) in [5, 5.41) is 25.5. The quantitative estimate of drug-likeness (QED) is 0.292. The summed E-state index contributed by atoms with van der Waals surface area (Å²) in [6, 6.07) is 16.7. The van der Waals surface area contributed by atoms with Crippen LogP contribution in [0.3, 0.4) is 0 Å². The molecule has 1 saturated heterocycles. The maximum Gasteiger partial charge on any atom is 0.256 e. The molecule has 4 N–H and O–H groups in total. The third-order valence-corrected chi connectivity index (χ3v) is 7.60. The van der Waals surface area contributed by atoms with Crippen molar-refractivity contribution >= 4 is 45.6 Å². The van der Waals surface area contributed by atoms with E-state index in [2.05, 4.69) is 25.7 Å². The standard InChI is InChI=1S/C27H29N5O3S/c1-2-22(24-4-3-15-36-24)28-27(35)18-7-10-23-21(16-18)25(31-30-23)29-26(34)17-5-8-19(9-6-17)32-13-11-20(33)12-14-32/h3-10,15-16,20,22,33H,2,11-14H2,1H3,(H,28,35)(H2,29,30,31,34). The van der Waals surface area contributed by atoms with Gasteiger partial charge in [-0.05, 0) is 73.2 Å². The largest absolute Gasteiger partial charge is 0.393 e. The van der Waals surface area contributed by atoms with Crippen LogP contribution < -0.4 is 15.5 Å². The number of rotatable bonds is 7. The summed E-state index contributed by atoms with van der Waals surface area (Å²) in [7, 11) is 0. The van der Waals surface area contributed by atoms with E-state index in [1.54, 1.807) is 41.7 Å². The van der Waals surface area contributed by atoms with Gasteiger partial charge in [-0.2, -0.15) is 5.10 Å². The molecule has 0 aliphatic carbocycles. The van der Waals surface area contributed by atoms with Crippen molar-refractivity contribution in [2.45, 2.75) is 38.3 Å². The van der Waals surface area contributed by atoms with Gasteiger partial charge in [0.1, 0.15) is 0 Å². The number of hydrogen-bond acceptors (Lipinski definition) is 6. The molecule has 5 rings (SSSR count). The molecule has 1 aliphatic rings. The number of aromatic nitrogens is 2. The summed E-state index contributed by atoms with van der Waals surface area (Å²) < 4.78 is 0. The second-order valence-corrected chi connectivity index (χ2v) is 9.98. The van der Waals surface area contributed by atoms with Gasteiger partial charge in [-0.3, -0.25) is 14.7 Å².